The lowest BCUT2D eigenvalue weighted by molar-refractivity contribution is -0.117. The Hall–Kier alpha value is -3.32. The second-order valence-electron chi connectivity index (χ2n) is 6.15. The standard InChI is InChI=1S/C20H15NO5S/c1-11-6-7-13(22)12(10-11)21-17(15-5-3-9-27-15)16(19(24)20(21)25)18(23)14-4-2-8-26-14/h2-10,17,22,24H,1H3. The van der Waals surface area contributed by atoms with Gasteiger partial charge in [-0.2, -0.15) is 0 Å². The molecule has 0 saturated carbocycles. The lowest BCUT2D eigenvalue weighted by Gasteiger charge is -2.26. The predicted octanol–water partition coefficient (Wildman–Crippen LogP) is 4.14. The fourth-order valence-corrected chi connectivity index (χ4v) is 3.99. The summed E-state index contributed by atoms with van der Waals surface area (Å²) in [5.74, 6) is -2.05. The minimum atomic E-state index is -0.859. The summed E-state index contributed by atoms with van der Waals surface area (Å²) in [5.41, 5.74) is 0.983. The molecule has 0 aliphatic carbocycles. The van der Waals surface area contributed by atoms with Crippen molar-refractivity contribution < 1.29 is 24.2 Å². The Morgan fingerprint density at radius 1 is 1.19 bits per heavy atom. The summed E-state index contributed by atoms with van der Waals surface area (Å²) in [6, 6.07) is 10.6. The highest BCUT2D eigenvalue weighted by atomic mass is 32.1. The molecule has 2 aromatic heterocycles. The second kappa shape index (κ2) is 6.44. The number of benzene rings is 1. The summed E-state index contributed by atoms with van der Waals surface area (Å²) in [7, 11) is 0. The maximum Gasteiger partial charge on any atom is 0.294 e. The average molecular weight is 381 g/mol. The Kier molecular flexibility index (Phi) is 4.08. The summed E-state index contributed by atoms with van der Waals surface area (Å²) < 4.78 is 5.17. The number of carbonyl (C=O) groups excluding carboxylic acids is 2. The molecule has 3 heterocycles. The van der Waals surface area contributed by atoms with Gasteiger partial charge in [0.2, 0.25) is 5.78 Å². The molecule has 2 N–H and O–H groups in total. The molecule has 4 rings (SSSR count). The van der Waals surface area contributed by atoms with Crippen LogP contribution >= 0.6 is 11.3 Å². The lowest BCUT2D eigenvalue weighted by Crippen LogP contribution is -2.30. The summed E-state index contributed by atoms with van der Waals surface area (Å²) >= 11 is 1.35. The highest BCUT2D eigenvalue weighted by Crippen LogP contribution is 2.45. The van der Waals surface area contributed by atoms with Gasteiger partial charge in [-0.25, -0.2) is 0 Å². The van der Waals surface area contributed by atoms with Gasteiger partial charge in [0.1, 0.15) is 11.8 Å². The minimum Gasteiger partial charge on any atom is -0.506 e. The molecule has 0 saturated heterocycles. The number of thiophene rings is 1. The first-order valence-electron chi connectivity index (χ1n) is 8.17. The highest BCUT2D eigenvalue weighted by Gasteiger charge is 2.46. The van der Waals surface area contributed by atoms with Crippen LogP contribution in [0, 0.1) is 6.92 Å². The van der Waals surface area contributed by atoms with E-state index in [-0.39, 0.29) is 22.8 Å². The van der Waals surface area contributed by atoms with Crippen LogP contribution in [0.2, 0.25) is 0 Å². The number of hydrogen-bond acceptors (Lipinski definition) is 6. The van der Waals surface area contributed by atoms with E-state index in [1.165, 1.54) is 34.6 Å². The maximum atomic E-state index is 12.9. The van der Waals surface area contributed by atoms with E-state index >= 15 is 0 Å². The molecular formula is C20H15NO5S. The van der Waals surface area contributed by atoms with Crippen molar-refractivity contribution in [1.82, 2.24) is 0 Å². The third-order valence-corrected chi connectivity index (χ3v) is 5.33. The SMILES string of the molecule is Cc1ccc(O)c(N2C(=O)C(O)=C(C(=O)c3ccco3)C2c2cccs2)c1. The van der Waals surface area contributed by atoms with Crippen LogP contribution in [0.1, 0.15) is 27.0 Å². The zero-order chi connectivity index (χ0) is 19.1. The molecule has 1 aliphatic rings. The number of ketones is 1. The van der Waals surface area contributed by atoms with Crippen LogP contribution in [-0.4, -0.2) is 21.9 Å². The number of carbonyl (C=O) groups is 2. The van der Waals surface area contributed by atoms with Crippen LogP contribution in [0.5, 0.6) is 5.75 Å². The largest absolute Gasteiger partial charge is 0.506 e. The summed E-state index contributed by atoms with van der Waals surface area (Å²) in [6.07, 6.45) is 1.35. The van der Waals surface area contributed by atoms with Crippen LogP contribution in [0.3, 0.4) is 0 Å². The summed E-state index contributed by atoms with van der Waals surface area (Å²) in [6.45, 7) is 1.83. The number of Topliss-reactive ketones (excluding diaryl/α,β-unsaturated/α-hetero) is 1. The zero-order valence-corrected chi connectivity index (χ0v) is 15.1. The normalized spacial score (nSPS) is 17.0. The number of amides is 1. The number of hydrogen-bond donors (Lipinski definition) is 2. The molecule has 1 aromatic carbocycles. The fourth-order valence-electron chi connectivity index (χ4n) is 3.17. The van der Waals surface area contributed by atoms with Crippen molar-refractivity contribution in [2.24, 2.45) is 0 Å². The molecular weight excluding hydrogens is 366 g/mol. The number of anilines is 1. The summed E-state index contributed by atoms with van der Waals surface area (Å²) in [5, 5.41) is 22.7. The monoisotopic (exact) mass is 381 g/mol. The quantitative estimate of drug-likeness (QED) is 0.663. The molecule has 0 radical (unpaired) electrons. The van der Waals surface area contributed by atoms with Crippen LogP contribution in [0.4, 0.5) is 5.69 Å². The minimum absolute atomic E-state index is 0.0289. The average Bonchev–Trinajstić information content (AvgIpc) is 3.39. The molecule has 1 amide bonds. The Balaban J connectivity index is 1.90. The van der Waals surface area contributed by atoms with E-state index in [2.05, 4.69) is 0 Å². The van der Waals surface area contributed by atoms with Crippen molar-refractivity contribution in [3.05, 3.63) is 81.6 Å². The van der Waals surface area contributed by atoms with Crippen LogP contribution in [-0.2, 0) is 4.79 Å². The van der Waals surface area contributed by atoms with E-state index in [0.717, 1.165) is 5.56 Å². The topological polar surface area (TPSA) is 91.0 Å². The van der Waals surface area contributed by atoms with Gasteiger partial charge in [-0.05, 0) is 48.2 Å². The number of aliphatic hydroxyl groups excluding tert-OH is 1. The van der Waals surface area contributed by atoms with Crippen molar-refractivity contribution >= 4 is 28.7 Å². The van der Waals surface area contributed by atoms with Crippen molar-refractivity contribution in [2.75, 3.05) is 4.90 Å². The van der Waals surface area contributed by atoms with Crippen molar-refractivity contribution in [3.8, 4) is 5.75 Å². The molecule has 1 aliphatic heterocycles. The Labute approximate surface area is 158 Å². The van der Waals surface area contributed by atoms with Crippen molar-refractivity contribution in [2.45, 2.75) is 13.0 Å². The first kappa shape index (κ1) is 17.1. The smallest absolute Gasteiger partial charge is 0.294 e. The molecule has 6 nitrogen and oxygen atoms in total. The van der Waals surface area contributed by atoms with E-state index in [0.29, 0.717) is 4.88 Å². The number of aromatic hydroxyl groups is 1. The maximum absolute atomic E-state index is 12.9. The molecule has 1 unspecified atom stereocenters. The predicted molar refractivity (Wildman–Crippen MR) is 100 cm³/mol. The third kappa shape index (κ3) is 2.72. The number of aliphatic hydroxyl groups is 1. The van der Waals surface area contributed by atoms with Gasteiger partial charge in [0, 0.05) is 4.88 Å². The van der Waals surface area contributed by atoms with Gasteiger partial charge in [-0.3, -0.25) is 14.5 Å². The van der Waals surface area contributed by atoms with Gasteiger partial charge in [0.15, 0.2) is 11.5 Å². The highest BCUT2D eigenvalue weighted by molar-refractivity contribution is 7.10. The molecule has 136 valence electrons. The van der Waals surface area contributed by atoms with E-state index in [1.807, 2.05) is 12.3 Å². The molecule has 1 atom stereocenters. The Morgan fingerprint density at radius 2 is 2.00 bits per heavy atom. The van der Waals surface area contributed by atoms with Gasteiger partial charge in [0.25, 0.3) is 5.91 Å². The second-order valence-corrected chi connectivity index (χ2v) is 7.13. The molecule has 27 heavy (non-hydrogen) atoms. The molecule has 3 aromatic rings. The van der Waals surface area contributed by atoms with Crippen LogP contribution in [0.25, 0.3) is 0 Å². The fraction of sp³-hybridized carbons (Fsp3) is 0.100. The molecule has 0 bridgehead atoms. The van der Waals surface area contributed by atoms with E-state index < -0.39 is 23.5 Å². The third-order valence-electron chi connectivity index (χ3n) is 4.40. The van der Waals surface area contributed by atoms with E-state index in [4.69, 9.17) is 4.42 Å². The molecule has 0 spiro atoms. The Morgan fingerprint density at radius 3 is 2.67 bits per heavy atom. The van der Waals surface area contributed by atoms with E-state index in [9.17, 15) is 19.8 Å². The number of aryl methyl sites for hydroxylation is 1. The number of phenolic OH excluding ortho intramolecular Hbond substituents is 1. The number of furan rings is 1. The number of phenols is 1. The number of nitrogens with zero attached hydrogens (tertiary/aromatic N) is 1. The Bertz CT molecular complexity index is 1050. The number of rotatable bonds is 4. The lowest BCUT2D eigenvalue weighted by atomic mass is 10.00. The first-order valence-corrected chi connectivity index (χ1v) is 9.05. The first-order chi connectivity index (χ1) is 13.0. The van der Waals surface area contributed by atoms with Crippen molar-refractivity contribution in [3.63, 3.8) is 0 Å². The van der Waals surface area contributed by atoms with Gasteiger partial charge < -0.3 is 14.6 Å². The molecule has 7 heteroatoms. The zero-order valence-electron chi connectivity index (χ0n) is 14.2. The van der Waals surface area contributed by atoms with Gasteiger partial charge in [-0.1, -0.05) is 12.1 Å². The van der Waals surface area contributed by atoms with Gasteiger partial charge in [0.05, 0.1) is 17.5 Å². The van der Waals surface area contributed by atoms with Crippen LogP contribution < -0.4 is 4.90 Å². The summed E-state index contributed by atoms with van der Waals surface area (Å²) in [4.78, 5) is 27.8. The molecule has 0 fully saturated rings. The van der Waals surface area contributed by atoms with Gasteiger partial charge >= 0.3 is 0 Å². The van der Waals surface area contributed by atoms with E-state index in [1.54, 1.807) is 30.3 Å². The van der Waals surface area contributed by atoms with Gasteiger partial charge in [-0.15, -0.1) is 11.3 Å². The van der Waals surface area contributed by atoms with Crippen molar-refractivity contribution in [1.29, 1.82) is 0 Å². The van der Waals surface area contributed by atoms with Crippen LogP contribution in [0.15, 0.2) is 69.9 Å².